The zero-order valence-electron chi connectivity index (χ0n) is 56.8. The molecule has 0 radical (unpaired) electrons. The fourth-order valence-corrected chi connectivity index (χ4v) is 12.9. The number of hydrogen-bond acceptors (Lipinski definition) is 15. The van der Waals surface area contributed by atoms with Crippen molar-refractivity contribution in [3.8, 4) is 0 Å². The molecule has 95 heavy (non-hydrogen) atoms. The van der Waals surface area contributed by atoms with Crippen molar-refractivity contribution in [3.05, 3.63) is 144 Å². The second-order valence-electron chi connectivity index (χ2n) is 25.6. The Morgan fingerprint density at radius 3 is 1.52 bits per heavy atom. The van der Waals surface area contributed by atoms with Gasteiger partial charge >= 0.3 is 5.97 Å². The van der Waals surface area contributed by atoms with Crippen LogP contribution in [0, 0.1) is 5.92 Å². The lowest BCUT2D eigenvalue weighted by atomic mass is 9.98. The summed E-state index contributed by atoms with van der Waals surface area (Å²) >= 11 is 0. The van der Waals surface area contributed by atoms with Crippen LogP contribution in [0.5, 0.6) is 0 Å². The predicted molar refractivity (Wildman–Crippen MR) is 369 cm³/mol. The van der Waals surface area contributed by atoms with E-state index in [4.69, 9.17) is 10.5 Å². The summed E-state index contributed by atoms with van der Waals surface area (Å²) in [5, 5.41) is 14.1. The molecular formula is C70H97N11O12S2. The van der Waals surface area contributed by atoms with Crippen LogP contribution in [0.25, 0.3) is 0 Å². The standard InChI is InChI=1S/C70H97N11O12S2/c1-45(2)37-56-64(87)75-54(38-48-27-17-13-18-28-48)67(90)77(8)42-59(82)79(10)57(40-50-31-21-15-22-32-50)63(86)73-46(3)66(89)78(9)47(4)61(84)76-55(39-49-29-19-14-20-30-49)69(92)93-43-60(83)80(11)58(41-51-33-23-16-24-34-51)65(88)74-53(68(91)81(56)12)35-25-26-36-72-62(85)52(71)44-94-95-70(5,6)7/h13-24,27-34,45-47,52-58H,25-26,35-44,71H2,1-12H3,(H,72,85)(H,73,86)(H,74,88)(H,75,87)(H,76,84)/t46-,47-,52-,53-,54-,55+,56?,57-,58-/m0/s1. The number of amides is 10. The van der Waals surface area contributed by atoms with Crippen molar-refractivity contribution in [1.82, 2.24) is 51.1 Å². The number of benzene rings is 4. The van der Waals surface area contributed by atoms with Crippen LogP contribution < -0.4 is 32.3 Å². The van der Waals surface area contributed by atoms with E-state index in [0.29, 0.717) is 34.4 Å². The van der Waals surface area contributed by atoms with Gasteiger partial charge in [0.15, 0.2) is 6.61 Å². The summed E-state index contributed by atoms with van der Waals surface area (Å²) < 4.78 is 5.63. The molecule has 7 N–H and O–H groups in total. The van der Waals surface area contributed by atoms with Gasteiger partial charge in [-0.2, -0.15) is 0 Å². The number of esters is 1. The fraction of sp³-hybridized carbons (Fsp3) is 0.500. The second-order valence-corrected chi connectivity index (χ2v) is 28.8. The summed E-state index contributed by atoms with van der Waals surface area (Å²) in [5.74, 6) is -7.73. The lowest BCUT2D eigenvalue weighted by molar-refractivity contribution is -0.156. The molecule has 0 spiro atoms. The number of ether oxygens (including phenoxy) is 1. The Bertz CT molecular complexity index is 3220. The molecule has 0 saturated carbocycles. The largest absolute Gasteiger partial charge is 0.454 e. The van der Waals surface area contributed by atoms with Gasteiger partial charge in [-0.15, -0.1) is 0 Å². The molecule has 516 valence electrons. The van der Waals surface area contributed by atoms with Crippen LogP contribution in [-0.4, -0.2) is 209 Å². The minimum Gasteiger partial charge on any atom is -0.454 e. The summed E-state index contributed by atoms with van der Waals surface area (Å²) in [5.41, 5.74) is 8.82. The Morgan fingerprint density at radius 1 is 0.558 bits per heavy atom. The highest BCUT2D eigenvalue weighted by molar-refractivity contribution is 8.77. The Morgan fingerprint density at radius 2 is 1.01 bits per heavy atom. The average molecular weight is 1350 g/mol. The van der Waals surface area contributed by atoms with Crippen LogP contribution in [0.15, 0.2) is 121 Å². The lowest BCUT2D eigenvalue weighted by Crippen LogP contribution is -2.60. The smallest absolute Gasteiger partial charge is 0.329 e. The maximum absolute atomic E-state index is 15.3. The van der Waals surface area contributed by atoms with Crippen molar-refractivity contribution in [1.29, 1.82) is 0 Å². The van der Waals surface area contributed by atoms with E-state index in [1.165, 1.54) is 69.7 Å². The number of nitrogens with two attached hydrogens (primary N) is 1. The summed E-state index contributed by atoms with van der Waals surface area (Å²) in [6.07, 6.45) is 0.463. The van der Waals surface area contributed by atoms with Crippen molar-refractivity contribution in [2.45, 2.75) is 159 Å². The van der Waals surface area contributed by atoms with Crippen molar-refractivity contribution in [3.63, 3.8) is 0 Å². The van der Waals surface area contributed by atoms with Crippen molar-refractivity contribution < 1.29 is 57.5 Å². The molecule has 1 heterocycles. The van der Waals surface area contributed by atoms with E-state index in [-0.39, 0.29) is 68.1 Å². The first-order valence-corrected chi connectivity index (χ1v) is 34.4. The molecule has 0 bridgehead atoms. The van der Waals surface area contributed by atoms with Crippen LogP contribution in [0.2, 0.25) is 0 Å². The number of nitrogens with one attached hydrogen (secondary N) is 5. The molecule has 1 aliphatic heterocycles. The van der Waals surface area contributed by atoms with E-state index in [9.17, 15) is 38.4 Å². The molecule has 1 aliphatic rings. The Labute approximate surface area is 567 Å². The summed E-state index contributed by atoms with van der Waals surface area (Å²) in [7, 11) is 10.0. The Balaban J connectivity index is 1.58. The van der Waals surface area contributed by atoms with Crippen LogP contribution in [0.4, 0.5) is 0 Å². The number of cyclic esters (lactones) is 1. The van der Waals surface area contributed by atoms with Gasteiger partial charge in [0.05, 0.1) is 12.6 Å². The van der Waals surface area contributed by atoms with Crippen molar-refractivity contribution >= 4 is 86.6 Å². The predicted octanol–water partition coefficient (Wildman–Crippen LogP) is 4.10. The number of unbranched alkanes of at least 4 members (excludes halogenated alkanes) is 1. The van der Waals surface area contributed by atoms with E-state index >= 15 is 14.4 Å². The fourth-order valence-electron chi connectivity index (χ4n) is 10.5. The van der Waals surface area contributed by atoms with Crippen LogP contribution in [-0.2, 0) is 83.2 Å². The quantitative estimate of drug-likeness (QED) is 0.0438. The van der Waals surface area contributed by atoms with Gasteiger partial charge < -0.3 is 61.6 Å². The SMILES string of the molecule is CC(C)CC1C(=O)N[C@@H](Cc2ccccc2)C(=O)N(C)CC(=O)N(C)[C@@H](Cc2ccccc2)C(=O)N[C@@H](C)C(=O)N(C)[C@@H](C)C(=O)N[C@H](Cc2ccccc2)C(=O)OCC(=O)N(C)[C@@H](Cc2ccccc2)C(=O)N[C@@H](CCCCNC(=O)[C@@H](N)CSSC(C)(C)C)C(=O)N1C. The molecule has 10 amide bonds. The number of hydrogen-bond donors (Lipinski definition) is 6. The third-order valence-electron chi connectivity index (χ3n) is 16.3. The van der Waals surface area contributed by atoms with E-state index in [1.807, 2.05) is 13.8 Å². The van der Waals surface area contributed by atoms with Gasteiger partial charge in [-0.3, -0.25) is 47.9 Å². The van der Waals surface area contributed by atoms with E-state index < -0.39 is 127 Å². The number of likely N-dealkylation sites (N-methyl/N-ethyl adjacent to an activating group) is 5. The van der Waals surface area contributed by atoms with Gasteiger partial charge in [-0.25, -0.2) is 4.79 Å². The summed E-state index contributed by atoms with van der Waals surface area (Å²) in [6, 6.07) is 24.1. The topological polar surface area (TPSA) is 299 Å². The number of rotatable bonds is 19. The Hall–Kier alpha value is -8.29. The van der Waals surface area contributed by atoms with Crippen molar-refractivity contribution in [2.75, 3.05) is 60.7 Å². The highest BCUT2D eigenvalue weighted by atomic mass is 33.1. The minimum absolute atomic E-state index is 0.00929. The number of carbonyl (C=O) groups is 11. The lowest BCUT2D eigenvalue weighted by Gasteiger charge is -2.35. The molecule has 9 atom stereocenters. The van der Waals surface area contributed by atoms with E-state index in [0.717, 1.165) is 14.7 Å². The monoisotopic (exact) mass is 1350 g/mol. The molecule has 25 heteroatoms. The second kappa shape index (κ2) is 37.7. The van der Waals surface area contributed by atoms with E-state index in [2.05, 4.69) is 47.4 Å². The maximum Gasteiger partial charge on any atom is 0.329 e. The zero-order valence-corrected chi connectivity index (χ0v) is 58.5. The molecule has 4 aromatic rings. The van der Waals surface area contributed by atoms with Gasteiger partial charge in [0.25, 0.3) is 5.91 Å². The first-order chi connectivity index (χ1) is 45.0. The van der Waals surface area contributed by atoms with Crippen LogP contribution >= 0.6 is 21.6 Å². The van der Waals surface area contributed by atoms with Gasteiger partial charge in [-0.1, -0.05) is 178 Å². The highest BCUT2D eigenvalue weighted by Crippen LogP contribution is 2.35. The van der Waals surface area contributed by atoms with Crippen molar-refractivity contribution in [2.24, 2.45) is 11.7 Å². The first-order valence-electron chi connectivity index (χ1n) is 32.1. The molecule has 5 rings (SSSR count). The molecule has 1 unspecified atom stereocenters. The highest BCUT2D eigenvalue weighted by Gasteiger charge is 2.39. The molecule has 0 aliphatic carbocycles. The third-order valence-corrected chi connectivity index (χ3v) is 19.7. The van der Waals surface area contributed by atoms with Crippen LogP contribution in [0.3, 0.4) is 0 Å². The molecule has 1 fully saturated rings. The maximum atomic E-state index is 15.3. The molecule has 23 nitrogen and oxygen atoms in total. The van der Waals surface area contributed by atoms with Gasteiger partial charge in [0.1, 0.15) is 48.3 Å². The normalized spacial score (nSPS) is 22.4. The van der Waals surface area contributed by atoms with Gasteiger partial charge in [0, 0.05) is 78.0 Å². The minimum atomic E-state index is -1.40. The zero-order chi connectivity index (χ0) is 70.1. The van der Waals surface area contributed by atoms with Gasteiger partial charge in [0.2, 0.25) is 53.2 Å². The molecular weight excluding hydrogens is 1250 g/mol. The Kier molecular flexibility index (Phi) is 30.7. The molecule has 0 aromatic heterocycles. The van der Waals surface area contributed by atoms with Crippen LogP contribution in [0.1, 0.15) is 96.4 Å². The summed E-state index contributed by atoms with van der Waals surface area (Å²) in [6.45, 7) is 11.5. The first kappa shape index (κ1) is 77.4. The van der Waals surface area contributed by atoms with Gasteiger partial charge in [-0.05, 0) is 67.7 Å². The number of carbonyl (C=O) groups excluding carboxylic acids is 11. The summed E-state index contributed by atoms with van der Waals surface area (Å²) in [4.78, 5) is 165. The van der Waals surface area contributed by atoms with E-state index in [1.54, 1.807) is 132 Å². The average Bonchev–Trinajstić information content (AvgIpc) is 0.860. The number of nitrogens with zero attached hydrogens (tertiary/aromatic N) is 5. The molecule has 1 saturated heterocycles. The third kappa shape index (κ3) is 24.8. The molecule has 4 aromatic carbocycles.